The van der Waals surface area contributed by atoms with Gasteiger partial charge in [-0.25, -0.2) is 4.79 Å². The lowest BCUT2D eigenvalue weighted by molar-refractivity contribution is -0.137. The lowest BCUT2D eigenvalue weighted by Gasteiger charge is -2.37. The standard InChI is InChI=1S/C26H29BrF3N7O4/c1-14-13-15(26(28,29)30)5-6-16(14)31-20(38)18-8-7-17-19(21(39)37-23(36(17)18)32-22(27)33-37)34-9-11-35(12-10-34)24(40)41-25(2,3)4/h5-6,13,18H,7-12H2,1-4H3,(H,31,38). The number of amides is 2. The molecule has 4 heterocycles. The Bertz CT molecular complexity index is 1590. The van der Waals surface area contributed by atoms with Crippen molar-refractivity contribution in [3.05, 3.63) is 50.1 Å². The average molecular weight is 640 g/mol. The fourth-order valence-electron chi connectivity index (χ4n) is 5.20. The van der Waals surface area contributed by atoms with Gasteiger partial charge in [0.15, 0.2) is 0 Å². The van der Waals surface area contributed by atoms with Crippen LogP contribution in [0.1, 0.15) is 50.1 Å². The fraction of sp³-hybridized carbons (Fsp3) is 0.500. The van der Waals surface area contributed by atoms with E-state index < -0.39 is 40.9 Å². The Balaban J connectivity index is 1.45. The number of hydrogen-bond donors (Lipinski definition) is 1. The molecular formula is C26H29BrF3N7O4. The maximum Gasteiger partial charge on any atom is 0.416 e. The van der Waals surface area contributed by atoms with Crippen molar-refractivity contribution in [2.24, 2.45) is 0 Å². The van der Waals surface area contributed by atoms with Crippen LogP contribution in [-0.2, 0) is 22.1 Å². The summed E-state index contributed by atoms with van der Waals surface area (Å²) in [5, 5.41) is 6.94. The molecule has 1 fully saturated rings. The molecule has 1 unspecified atom stereocenters. The summed E-state index contributed by atoms with van der Waals surface area (Å²) in [6.45, 7) is 8.28. The molecule has 0 aliphatic carbocycles. The van der Waals surface area contributed by atoms with Gasteiger partial charge in [0.05, 0.1) is 11.3 Å². The number of hydrogen-bond acceptors (Lipinski definition) is 7. The maximum atomic E-state index is 13.6. The predicted octanol–water partition coefficient (Wildman–Crippen LogP) is 4.16. The zero-order valence-electron chi connectivity index (χ0n) is 22.9. The number of aromatic nitrogens is 4. The number of ether oxygens (including phenoxy) is 1. The number of carbonyl (C=O) groups excluding carboxylic acids is 2. The third-order valence-corrected chi connectivity index (χ3v) is 7.40. The van der Waals surface area contributed by atoms with Crippen LogP contribution in [-0.4, -0.2) is 67.8 Å². The first-order valence-electron chi connectivity index (χ1n) is 13.1. The van der Waals surface area contributed by atoms with Crippen LogP contribution in [0, 0.1) is 6.92 Å². The van der Waals surface area contributed by atoms with Gasteiger partial charge in [0.25, 0.3) is 5.56 Å². The number of carbonyl (C=O) groups is 2. The normalized spacial score (nSPS) is 17.6. The number of rotatable bonds is 3. The van der Waals surface area contributed by atoms with Crippen LogP contribution in [0.25, 0.3) is 5.78 Å². The van der Waals surface area contributed by atoms with Gasteiger partial charge < -0.3 is 19.9 Å². The number of anilines is 2. The number of alkyl halides is 3. The first-order valence-corrected chi connectivity index (χ1v) is 13.8. The van der Waals surface area contributed by atoms with Gasteiger partial charge in [-0.15, -0.1) is 5.10 Å². The molecule has 3 aromatic rings. The molecule has 2 aliphatic rings. The highest BCUT2D eigenvalue weighted by molar-refractivity contribution is 9.10. The number of nitrogens with one attached hydrogen (secondary N) is 1. The Kier molecular flexibility index (Phi) is 7.28. The number of fused-ring (bicyclic) bond motifs is 3. The van der Waals surface area contributed by atoms with Gasteiger partial charge in [-0.05, 0) is 80.2 Å². The van der Waals surface area contributed by atoms with Crippen molar-refractivity contribution in [2.75, 3.05) is 36.4 Å². The van der Waals surface area contributed by atoms with E-state index >= 15 is 0 Å². The van der Waals surface area contributed by atoms with Crippen molar-refractivity contribution in [1.29, 1.82) is 0 Å². The number of halogens is 4. The quantitative estimate of drug-likeness (QED) is 0.458. The summed E-state index contributed by atoms with van der Waals surface area (Å²) in [5.41, 5.74) is -0.316. The molecule has 5 rings (SSSR count). The van der Waals surface area contributed by atoms with Gasteiger partial charge in [-0.2, -0.15) is 22.7 Å². The largest absolute Gasteiger partial charge is 0.444 e. The summed E-state index contributed by atoms with van der Waals surface area (Å²) in [5.74, 6) is -0.271. The van der Waals surface area contributed by atoms with Crippen LogP contribution in [0.15, 0.2) is 27.7 Å². The van der Waals surface area contributed by atoms with Crippen molar-refractivity contribution in [1.82, 2.24) is 24.1 Å². The second-order valence-electron chi connectivity index (χ2n) is 11.1. The highest BCUT2D eigenvalue weighted by Crippen LogP contribution is 2.35. The monoisotopic (exact) mass is 639 g/mol. The molecule has 2 aromatic heterocycles. The Morgan fingerprint density at radius 1 is 1.12 bits per heavy atom. The van der Waals surface area contributed by atoms with E-state index in [-0.39, 0.29) is 21.8 Å². The Labute approximate surface area is 241 Å². The van der Waals surface area contributed by atoms with Crippen molar-refractivity contribution in [3.63, 3.8) is 0 Å². The molecule has 0 spiro atoms. The molecule has 0 saturated carbocycles. The molecule has 2 amide bonds. The molecule has 0 radical (unpaired) electrons. The van der Waals surface area contributed by atoms with Gasteiger partial charge in [0, 0.05) is 31.9 Å². The average Bonchev–Trinajstić information content (AvgIpc) is 3.48. The summed E-state index contributed by atoms with van der Waals surface area (Å²) in [6, 6.07) is 2.35. The van der Waals surface area contributed by atoms with E-state index in [4.69, 9.17) is 4.74 Å². The molecule has 11 nitrogen and oxygen atoms in total. The lowest BCUT2D eigenvalue weighted by Crippen LogP contribution is -2.51. The Hall–Kier alpha value is -3.62. The van der Waals surface area contributed by atoms with Crippen LogP contribution < -0.4 is 15.8 Å². The summed E-state index contributed by atoms with van der Waals surface area (Å²) in [4.78, 5) is 47.5. The lowest BCUT2D eigenvalue weighted by atomic mass is 10.1. The molecule has 1 saturated heterocycles. The molecule has 0 bridgehead atoms. The number of nitrogens with zero attached hydrogens (tertiary/aromatic N) is 6. The van der Waals surface area contributed by atoms with Gasteiger partial charge >= 0.3 is 12.3 Å². The molecule has 220 valence electrons. The number of piperazine rings is 1. The van der Waals surface area contributed by atoms with Crippen LogP contribution in [0.5, 0.6) is 0 Å². The van der Waals surface area contributed by atoms with E-state index in [1.807, 2.05) is 4.90 Å². The van der Waals surface area contributed by atoms with Gasteiger partial charge in [-0.3, -0.25) is 14.2 Å². The Morgan fingerprint density at radius 3 is 2.41 bits per heavy atom. The fourth-order valence-corrected chi connectivity index (χ4v) is 5.52. The zero-order chi connectivity index (χ0) is 29.9. The van der Waals surface area contributed by atoms with E-state index in [2.05, 4.69) is 31.3 Å². The SMILES string of the molecule is Cc1cc(C(F)(F)F)ccc1NC(=O)C1CCc2c(N3CCN(C(=O)OC(C)(C)C)CC3)c(=O)n3nc(Br)nc3n21. The number of aryl methyl sites for hydroxylation is 1. The van der Waals surface area contributed by atoms with E-state index in [0.29, 0.717) is 50.4 Å². The van der Waals surface area contributed by atoms with Gasteiger partial charge in [0.2, 0.25) is 16.4 Å². The Morgan fingerprint density at radius 2 is 1.80 bits per heavy atom. The minimum absolute atomic E-state index is 0.167. The summed E-state index contributed by atoms with van der Waals surface area (Å²) in [7, 11) is 0. The third kappa shape index (κ3) is 5.63. The topological polar surface area (TPSA) is 114 Å². The molecular weight excluding hydrogens is 611 g/mol. The predicted molar refractivity (Wildman–Crippen MR) is 147 cm³/mol. The highest BCUT2D eigenvalue weighted by atomic mass is 79.9. The smallest absolute Gasteiger partial charge is 0.416 e. The maximum absolute atomic E-state index is 13.6. The summed E-state index contributed by atoms with van der Waals surface area (Å²) < 4.78 is 47.8. The molecule has 2 aliphatic heterocycles. The van der Waals surface area contributed by atoms with E-state index in [9.17, 15) is 27.6 Å². The zero-order valence-corrected chi connectivity index (χ0v) is 24.5. The molecule has 1 N–H and O–H groups in total. The van der Waals surface area contributed by atoms with Gasteiger partial charge in [-0.1, -0.05) is 0 Å². The second-order valence-corrected chi connectivity index (χ2v) is 11.8. The van der Waals surface area contributed by atoms with Gasteiger partial charge in [0.1, 0.15) is 17.3 Å². The van der Waals surface area contributed by atoms with E-state index in [0.717, 1.165) is 16.6 Å². The minimum atomic E-state index is -4.50. The molecule has 15 heteroatoms. The van der Waals surface area contributed by atoms with E-state index in [1.54, 1.807) is 30.2 Å². The van der Waals surface area contributed by atoms with Crippen molar-refractivity contribution in [3.8, 4) is 0 Å². The van der Waals surface area contributed by atoms with Crippen LogP contribution in [0.2, 0.25) is 0 Å². The molecule has 1 aromatic carbocycles. The van der Waals surface area contributed by atoms with Crippen molar-refractivity contribution < 1.29 is 27.5 Å². The van der Waals surface area contributed by atoms with Crippen molar-refractivity contribution in [2.45, 2.75) is 58.4 Å². The van der Waals surface area contributed by atoms with Crippen LogP contribution in [0.3, 0.4) is 0 Å². The van der Waals surface area contributed by atoms with E-state index in [1.165, 1.54) is 13.0 Å². The highest BCUT2D eigenvalue weighted by Gasteiger charge is 2.37. The summed E-state index contributed by atoms with van der Waals surface area (Å²) >= 11 is 3.22. The second kappa shape index (κ2) is 10.3. The molecule has 1 atom stereocenters. The minimum Gasteiger partial charge on any atom is -0.444 e. The molecule has 41 heavy (non-hydrogen) atoms. The van der Waals surface area contributed by atoms with Crippen LogP contribution in [0.4, 0.5) is 29.3 Å². The van der Waals surface area contributed by atoms with Crippen molar-refractivity contribution >= 4 is 45.1 Å². The summed E-state index contributed by atoms with van der Waals surface area (Å²) in [6.07, 6.45) is -4.18. The van der Waals surface area contributed by atoms with Crippen LogP contribution >= 0.6 is 15.9 Å². The third-order valence-electron chi connectivity index (χ3n) is 7.07. The first kappa shape index (κ1) is 28.9. The number of benzene rings is 1. The first-order chi connectivity index (χ1) is 19.1.